The Morgan fingerprint density at radius 2 is 2.05 bits per heavy atom. The van der Waals surface area contributed by atoms with E-state index in [1.165, 1.54) is 0 Å². The molecule has 0 unspecified atom stereocenters. The molecule has 0 saturated carbocycles. The largest absolute Gasteiger partial charge is 0.389 e. The number of nitrogens with zero attached hydrogens (tertiary/aromatic N) is 2. The average molecular weight is 272 g/mol. The Kier molecular flexibility index (Phi) is 4.06. The minimum Gasteiger partial charge on any atom is -0.389 e. The molecule has 0 aliphatic rings. The molecule has 0 spiro atoms. The molecule has 19 heavy (non-hydrogen) atoms. The molecule has 0 saturated heterocycles. The lowest BCUT2D eigenvalue weighted by molar-refractivity contribution is 1.06. The number of pyridine rings is 2. The van der Waals surface area contributed by atoms with Gasteiger partial charge in [0.15, 0.2) is 0 Å². The van der Waals surface area contributed by atoms with Gasteiger partial charge in [0.1, 0.15) is 10.8 Å². The van der Waals surface area contributed by atoms with Crippen molar-refractivity contribution in [3.8, 4) is 0 Å². The van der Waals surface area contributed by atoms with Crippen LogP contribution in [-0.4, -0.2) is 15.0 Å². The number of rotatable bonds is 4. The van der Waals surface area contributed by atoms with Crippen molar-refractivity contribution < 1.29 is 0 Å². The predicted octanol–water partition coefficient (Wildman–Crippen LogP) is 2.34. The highest BCUT2D eigenvalue weighted by Crippen LogP contribution is 2.17. The number of nitrogens with one attached hydrogen (secondary N) is 1. The van der Waals surface area contributed by atoms with Gasteiger partial charge in [-0.2, -0.15) is 0 Å². The number of nitrogens with two attached hydrogens (primary N) is 1. The maximum Gasteiger partial charge on any atom is 0.136 e. The summed E-state index contributed by atoms with van der Waals surface area (Å²) >= 11 is 5.07. The molecular formula is C14H16N4S. The summed E-state index contributed by atoms with van der Waals surface area (Å²) in [4.78, 5) is 8.91. The number of hydrogen-bond donors (Lipinski definition) is 2. The molecule has 2 aromatic rings. The second-order valence-corrected chi connectivity index (χ2v) is 4.82. The first-order valence-electron chi connectivity index (χ1n) is 5.98. The van der Waals surface area contributed by atoms with Crippen LogP contribution >= 0.6 is 12.2 Å². The molecule has 2 aromatic heterocycles. The number of hydrogen-bond acceptors (Lipinski definition) is 4. The predicted molar refractivity (Wildman–Crippen MR) is 81.2 cm³/mol. The number of aromatic nitrogens is 2. The van der Waals surface area contributed by atoms with E-state index in [-0.39, 0.29) is 0 Å². The molecule has 0 bridgehead atoms. The summed E-state index contributed by atoms with van der Waals surface area (Å²) in [6, 6.07) is 5.91. The molecule has 0 aliphatic carbocycles. The third-order valence-electron chi connectivity index (χ3n) is 2.84. The van der Waals surface area contributed by atoms with Crippen molar-refractivity contribution >= 4 is 23.0 Å². The van der Waals surface area contributed by atoms with E-state index in [0.717, 1.165) is 22.4 Å². The number of thiocarbonyl (C=S) groups is 1. The molecule has 0 atom stereocenters. The van der Waals surface area contributed by atoms with Gasteiger partial charge in [-0.15, -0.1) is 0 Å². The van der Waals surface area contributed by atoms with E-state index in [1.54, 1.807) is 6.20 Å². The monoisotopic (exact) mass is 272 g/mol. The summed E-state index contributed by atoms with van der Waals surface area (Å²) in [5.74, 6) is 0.716. The SMILES string of the molecule is Cc1ccc(CNc2nccc(C)c2C(N)=S)cn1. The van der Waals surface area contributed by atoms with E-state index in [4.69, 9.17) is 18.0 Å². The Hall–Kier alpha value is -2.01. The van der Waals surface area contributed by atoms with Gasteiger partial charge in [0, 0.05) is 24.6 Å². The first-order valence-corrected chi connectivity index (χ1v) is 6.39. The molecule has 0 fully saturated rings. The minimum atomic E-state index is 0.357. The fourth-order valence-electron chi connectivity index (χ4n) is 1.79. The smallest absolute Gasteiger partial charge is 0.136 e. The van der Waals surface area contributed by atoms with Crippen LogP contribution in [0.4, 0.5) is 5.82 Å². The first-order chi connectivity index (χ1) is 9.08. The maximum atomic E-state index is 5.74. The van der Waals surface area contributed by atoms with Crippen LogP contribution in [0, 0.1) is 13.8 Å². The van der Waals surface area contributed by atoms with Gasteiger partial charge in [0.25, 0.3) is 0 Å². The van der Waals surface area contributed by atoms with Crippen molar-refractivity contribution in [2.75, 3.05) is 5.32 Å². The zero-order valence-electron chi connectivity index (χ0n) is 11.0. The highest BCUT2D eigenvalue weighted by atomic mass is 32.1. The summed E-state index contributed by atoms with van der Waals surface area (Å²) in [5, 5.41) is 3.25. The standard InChI is InChI=1S/C14H16N4S/c1-9-5-6-16-14(12(9)13(15)19)18-8-11-4-3-10(2)17-7-11/h3-7H,8H2,1-2H3,(H2,15,19)(H,16,18). The van der Waals surface area contributed by atoms with Gasteiger partial charge >= 0.3 is 0 Å². The Bertz CT molecular complexity index is 593. The molecule has 0 aromatic carbocycles. The second-order valence-electron chi connectivity index (χ2n) is 4.38. The third-order valence-corrected chi connectivity index (χ3v) is 3.04. The summed E-state index contributed by atoms with van der Waals surface area (Å²) in [6.45, 7) is 4.57. The van der Waals surface area contributed by atoms with Gasteiger partial charge in [-0.05, 0) is 37.1 Å². The summed E-state index contributed by atoms with van der Waals surface area (Å²) < 4.78 is 0. The molecule has 4 nitrogen and oxygen atoms in total. The van der Waals surface area contributed by atoms with Gasteiger partial charge in [-0.3, -0.25) is 4.98 Å². The normalized spacial score (nSPS) is 10.2. The van der Waals surface area contributed by atoms with Gasteiger partial charge in [-0.25, -0.2) is 4.98 Å². The van der Waals surface area contributed by atoms with E-state index in [1.807, 2.05) is 38.2 Å². The Morgan fingerprint density at radius 3 is 2.68 bits per heavy atom. The van der Waals surface area contributed by atoms with E-state index >= 15 is 0 Å². The fraction of sp³-hybridized carbons (Fsp3) is 0.214. The van der Waals surface area contributed by atoms with Crippen LogP contribution in [0.25, 0.3) is 0 Å². The van der Waals surface area contributed by atoms with Crippen molar-refractivity contribution in [1.82, 2.24) is 9.97 Å². The van der Waals surface area contributed by atoms with Gasteiger partial charge in [0.05, 0.1) is 5.56 Å². The lowest BCUT2D eigenvalue weighted by Gasteiger charge is -2.12. The minimum absolute atomic E-state index is 0.357. The van der Waals surface area contributed by atoms with E-state index in [0.29, 0.717) is 17.4 Å². The lowest BCUT2D eigenvalue weighted by atomic mass is 10.1. The quantitative estimate of drug-likeness (QED) is 0.836. The van der Waals surface area contributed by atoms with Crippen molar-refractivity contribution in [2.24, 2.45) is 5.73 Å². The van der Waals surface area contributed by atoms with Gasteiger partial charge in [0.2, 0.25) is 0 Å². The summed E-state index contributed by atoms with van der Waals surface area (Å²) in [6.07, 6.45) is 3.59. The molecular weight excluding hydrogens is 256 g/mol. The molecule has 5 heteroatoms. The Morgan fingerprint density at radius 1 is 1.26 bits per heavy atom. The number of aryl methyl sites for hydroxylation is 2. The van der Waals surface area contributed by atoms with Crippen LogP contribution in [0.1, 0.15) is 22.4 Å². The highest BCUT2D eigenvalue weighted by molar-refractivity contribution is 7.80. The summed E-state index contributed by atoms with van der Waals surface area (Å²) in [5.41, 5.74) is 9.65. The van der Waals surface area contributed by atoms with Crippen molar-refractivity contribution in [3.05, 3.63) is 53.0 Å². The van der Waals surface area contributed by atoms with E-state index in [9.17, 15) is 0 Å². The summed E-state index contributed by atoms with van der Waals surface area (Å²) in [7, 11) is 0. The van der Waals surface area contributed by atoms with Gasteiger partial charge < -0.3 is 11.1 Å². The lowest BCUT2D eigenvalue weighted by Crippen LogP contribution is -2.16. The zero-order chi connectivity index (χ0) is 13.8. The zero-order valence-corrected chi connectivity index (χ0v) is 11.8. The van der Waals surface area contributed by atoms with E-state index in [2.05, 4.69) is 15.3 Å². The average Bonchev–Trinajstić information content (AvgIpc) is 2.37. The molecule has 0 amide bonds. The second kappa shape index (κ2) is 5.75. The van der Waals surface area contributed by atoms with Crippen molar-refractivity contribution in [3.63, 3.8) is 0 Å². The fourth-order valence-corrected chi connectivity index (χ4v) is 2.05. The molecule has 2 rings (SSSR count). The van der Waals surface area contributed by atoms with Crippen molar-refractivity contribution in [1.29, 1.82) is 0 Å². The van der Waals surface area contributed by atoms with Gasteiger partial charge in [-0.1, -0.05) is 18.3 Å². The van der Waals surface area contributed by atoms with Crippen LogP contribution in [0.5, 0.6) is 0 Å². The van der Waals surface area contributed by atoms with Crippen LogP contribution in [0.3, 0.4) is 0 Å². The molecule has 0 radical (unpaired) electrons. The Balaban J connectivity index is 2.18. The van der Waals surface area contributed by atoms with Crippen LogP contribution in [-0.2, 0) is 6.54 Å². The molecule has 0 aliphatic heterocycles. The van der Waals surface area contributed by atoms with Crippen LogP contribution < -0.4 is 11.1 Å². The number of anilines is 1. The van der Waals surface area contributed by atoms with Crippen LogP contribution in [0.15, 0.2) is 30.6 Å². The third kappa shape index (κ3) is 3.26. The highest BCUT2D eigenvalue weighted by Gasteiger charge is 2.09. The molecule has 98 valence electrons. The van der Waals surface area contributed by atoms with E-state index < -0.39 is 0 Å². The topological polar surface area (TPSA) is 63.8 Å². The maximum absolute atomic E-state index is 5.74. The first kappa shape index (κ1) is 13.4. The molecule has 3 N–H and O–H groups in total. The van der Waals surface area contributed by atoms with Crippen LogP contribution in [0.2, 0.25) is 0 Å². The Labute approximate surface area is 118 Å². The van der Waals surface area contributed by atoms with Crippen molar-refractivity contribution in [2.45, 2.75) is 20.4 Å². The molecule has 2 heterocycles.